The minimum atomic E-state index is -4.31. The molecule has 1 nitrogen and oxygen atoms in total. The zero-order valence-corrected chi connectivity index (χ0v) is 6.90. The Bertz CT molecular complexity index is 355. The van der Waals surface area contributed by atoms with E-state index in [-0.39, 0.29) is 12.4 Å². The van der Waals surface area contributed by atoms with Gasteiger partial charge in [0.25, 0.3) is 0 Å². The van der Waals surface area contributed by atoms with Crippen molar-refractivity contribution in [2.75, 3.05) is 0 Å². The minimum Gasteiger partial charge on any atom is -0.488 e. The van der Waals surface area contributed by atoms with Crippen molar-refractivity contribution in [3.05, 3.63) is 28.8 Å². The molecule has 4 heteroatoms. The quantitative estimate of drug-likeness (QED) is 0.608. The first-order valence-corrected chi connectivity index (χ1v) is 3.82. The molecule has 2 aliphatic heterocycles. The molecular weight excluding hydrogens is 181 g/mol. The van der Waals surface area contributed by atoms with E-state index in [9.17, 15) is 13.2 Å². The molecule has 1 aromatic rings. The lowest BCUT2D eigenvalue weighted by atomic mass is 10.0. The van der Waals surface area contributed by atoms with Crippen LogP contribution in [-0.2, 0) is 12.8 Å². The van der Waals surface area contributed by atoms with Crippen LogP contribution >= 0.6 is 0 Å². The monoisotopic (exact) mass is 188 g/mol. The van der Waals surface area contributed by atoms with Crippen molar-refractivity contribution >= 4 is 0 Å². The molecule has 0 N–H and O–H groups in total. The van der Waals surface area contributed by atoms with Gasteiger partial charge in [0.05, 0.1) is 5.56 Å². The lowest BCUT2D eigenvalue weighted by Gasteiger charge is -2.22. The van der Waals surface area contributed by atoms with Crippen molar-refractivity contribution < 1.29 is 17.9 Å². The maximum absolute atomic E-state index is 12.3. The van der Waals surface area contributed by atoms with E-state index in [0.29, 0.717) is 5.56 Å². The Labute approximate surface area is 73.1 Å². The van der Waals surface area contributed by atoms with Crippen LogP contribution in [0.2, 0.25) is 0 Å². The highest BCUT2D eigenvalue weighted by atomic mass is 19.4. The van der Waals surface area contributed by atoms with Crippen molar-refractivity contribution in [1.29, 1.82) is 0 Å². The number of aryl methyl sites for hydroxylation is 1. The van der Waals surface area contributed by atoms with E-state index in [0.717, 1.165) is 11.6 Å². The van der Waals surface area contributed by atoms with Gasteiger partial charge in [0.15, 0.2) is 0 Å². The molecule has 0 saturated carbocycles. The molecule has 0 aliphatic carbocycles. The summed E-state index contributed by atoms with van der Waals surface area (Å²) in [7, 11) is 0. The number of alkyl halides is 3. The summed E-state index contributed by atoms with van der Waals surface area (Å²) in [6.07, 6.45) is -4.31. The fourth-order valence-corrected chi connectivity index (χ4v) is 1.38. The molecule has 3 rings (SSSR count). The molecule has 0 unspecified atom stereocenters. The highest BCUT2D eigenvalue weighted by Gasteiger charge is 2.36. The third-order valence-corrected chi connectivity index (χ3v) is 2.13. The van der Waals surface area contributed by atoms with Crippen molar-refractivity contribution in [3.8, 4) is 5.75 Å². The third-order valence-electron chi connectivity index (χ3n) is 2.13. The molecule has 0 saturated heterocycles. The summed E-state index contributed by atoms with van der Waals surface area (Å²) < 4.78 is 41.8. The fraction of sp³-hybridized carbons (Fsp3) is 0.333. The predicted molar refractivity (Wildman–Crippen MR) is 40.5 cm³/mol. The molecule has 2 bridgehead atoms. The van der Waals surface area contributed by atoms with Crippen LogP contribution in [-0.4, -0.2) is 0 Å². The van der Waals surface area contributed by atoms with Crippen molar-refractivity contribution in [2.45, 2.75) is 19.7 Å². The van der Waals surface area contributed by atoms with Gasteiger partial charge in [-0.1, -0.05) is 0 Å². The average molecular weight is 188 g/mol. The summed E-state index contributed by atoms with van der Waals surface area (Å²) >= 11 is 0. The smallest absolute Gasteiger partial charge is 0.419 e. The van der Waals surface area contributed by atoms with Gasteiger partial charge in [0.2, 0.25) is 0 Å². The van der Waals surface area contributed by atoms with Gasteiger partial charge in [0, 0.05) is 0 Å². The molecule has 70 valence electrons. The molecule has 0 atom stereocenters. The number of halogens is 3. The first kappa shape index (κ1) is 8.41. The van der Waals surface area contributed by atoms with E-state index in [1.165, 1.54) is 6.07 Å². The molecule has 0 amide bonds. The van der Waals surface area contributed by atoms with Crippen LogP contribution in [0, 0.1) is 6.92 Å². The molecule has 0 fully saturated rings. The van der Waals surface area contributed by atoms with Crippen LogP contribution in [0.25, 0.3) is 0 Å². The lowest BCUT2D eigenvalue weighted by molar-refractivity contribution is -0.139. The zero-order chi connectivity index (χ0) is 9.64. The van der Waals surface area contributed by atoms with Gasteiger partial charge >= 0.3 is 6.18 Å². The van der Waals surface area contributed by atoms with Crippen molar-refractivity contribution in [2.24, 2.45) is 0 Å². The Morgan fingerprint density at radius 2 is 2.00 bits per heavy atom. The molecule has 13 heavy (non-hydrogen) atoms. The highest BCUT2D eigenvalue weighted by molar-refractivity contribution is 5.46. The highest BCUT2D eigenvalue weighted by Crippen LogP contribution is 2.40. The number of hydrogen-bond donors (Lipinski definition) is 0. The summed E-state index contributed by atoms with van der Waals surface area (Å²) in [5, 5.41) is 0. The number of fused-ring (bicyclic) bond motifs is 3. The molecule has 0 aromatic heterocycles. The second-order valence-corrected chi connectivity index (χ2v) is 3.06. The van der Waals surface area contributed by atoms with Gasteiger partial charge < -0.3 is 4.74 Å². The molecule has 0 spiro atoms. The van der Waals surface area contributed by atoms with Crippen LogP contribution in [0.5, 0.6) is 5.75 Å². The molecule has 0 radical (unpaired) electrons. The zero-order valence-electron chi connectivity index (χ0n) is 6.90. The Hall–Kier alpha value is -1.19. The van der Waals surface area contributed by atoms with Crippen molar-refractivity contribution in [1.82, 2.24) is 0 Å². The fourth-order valence-electron chi connectivity index (χ4n) is 1.38. The van der Waals surface area contributed by atoms with E-state index < -0.39 is 11.7 Å². The van der Waals surface area contributed by atoms with Gasteiger partial charge in [0.1, 0.15) is 12.4 Å². The number of ether oxygens (including phenoxy) is 1. The summed E-state index contributed by atoms with van der Waals surface area (Å²) in [6, 6.07) is 2.59. The topological polar surface area (TPSA) is 9.23 Å². The summed E-state index contributed by atoms with van der Waals surface area (Å²) in [4.78, 5) is 0. The van der Waals surface area contributed by atoms with Crippen LogP contribution in [0.15, 0.2) is 12.1 Å². The van der Waals surface area contributed by atoms with Gasteiger partial charge in [-0.25, -0.2) is 0 Å². The van der Waals surface area contributed by atoms with Crippen LogP contribution in [0.4, 0.5) is 13.2 Å². The van der Waals surface area contributed by atoms with Crippen LogP contribution in [0.1, 0.15) is 16.7 Å². The van der Waals surface area contributed by atoms with E-state index in [1.807, 2.05) is 0 Å². The third kappa shape index (κ3) is 1.26. The predicted octanol–water partition coefficient (Wildman–Crippen LogP) is 2.91. The average Bonchev–Trinajstić information content (AvgIpc) is 2.03. The second kappa shape index (κ2) is 2.40. The largest absolute Gasteiger partial charge is 0.488 e. The Morgan fingerprint density at radius 3 is 2.38 bits per heavy atom. The SMILES string of the molecule is Cc1cc2c(C(F)(F)F)cc1CO2. The van der Waals surface area contributed by atoms with Crippen LogP contribution in [0.3, 0.4) is 0 Å². The van der Waals surface area contributed by atoms with E-state index >= 15 is 0 Å². The maximum atomic E-state index is 12.3. The Morgan fingerprint density at radius 1 is 1.31 bits per heavy atom. The molecular formula is C9H7F3O. The van der Waals surface area contributed by atoms with Crippen molar-refractivity contribution in [3.63, 3.8) is 0 Å². The first-order valence-electron chi connectivity index (χ1n) is 3.82. The normalized spacial score (nSPS) is 14.5. The molecule has 2 aliphatic rings. The summed E-state index contributed by atoms with van der Waals surface area (Å²) in [5.41, 5.74) is 0.802. The first-order chi connectivity index (χ1) is 5.98. The number of hydrogen-bond acceptors (Lipinski definition) is 1. The summed E-state index contributed by atoms with van der Waals surface area (Å²) in [6.45, 7) is 2.04. The Balaban J connectivity index is 2.59. The molecule has 1 aromatic carbocycles. The standard InChI is InChI=1S/C9H7F3O/c1-5-2-8-7(9(10,11)12)3-6(5)4-13-8/h2-3H,4H2,1H3. The summed E-state index contributed by atoms with van der Waals surface area (Å²) in [5.74, 6) is -0.0556. The number of rotatable bonds is 0. The lowest BCUT2D eigenvalue weighted by Crippen LogP contribution is -2.15. The van der Waals surface area contributed by atoms with Gasteiger partial charge in [-0.15, -0.1) is 0 Å². The van der Waals surface area contributed by atoms with E-state index in [1.54, 1.807) is 6.92 Å². The second-order valence-electron chi connectivity index (χ2n) is 3.06. The van der Waals surface area contributed by atoms with Gasteiger partial charge in [-0.2, -0.15) is 13.2 Å². The van der Waals surface area contributed by atoms with Gasteiger partial charge in [-0.05, 0) is 30.2 Å². The maximum Gasteiger partial charge on any atom is 0.419 e. The minimum absolute atomic E-state index is 0.0556. The number of benzene rings is 1. The molecule has 2 heterocycles. The van der Waals surface area contributed by atoms with Gasteiger partial charge in [-0.3, -0.25) is 0 Å². The Kier molecular flexibility index (Phi) is 1.55. The van der Waals surface area contributed by atoms with E-state index in [2.05, 4.69) is 0 Å². The van der Waals surface area contributed by atoms with Crippen LogP contribution < -0.4 is 4.74 Å². The van der Waals surface area contributed by atoms with E-state index in [4.69, 9.17) is 4.74 Å².